The summed E-state index contributed by atoms with van der Waals surface area (Å²) >= 11 is 6.00. The maximum absolute atomic E-state index is 11.8. The summed E-state index contributed by atoms with van der Waals surface area (Å²) in [6.07, 6.45) is 6.99. The number of carbonyl (C=O) groups excluding carboxylic acids is 1. The molecule has 0 aliphatic heterocycles. The predicted octanol–water partition coefficient (Wildman–Crippen LogP) is 4.01. The van der Waals surface area contributed by atoms with Crippen LogP contribution in [0.15, 0.2) is 18.2 Å². The lowest BCUT2D eigenvalue weighted by Crippen LogP contribution is -2.12. The van der Waals surface area contributed by atoms with E-state index in [1.807, 2.05) is 0 Å². The molecule has 7 heteroatoms. The monoisotopic (exact) mass is 346 g/mol. The lowest BCUT2D eigenvalue weighted by Gasteiger charge is -2.09. The summed E-state index contributed by atoms with van der Waals surface area (Å²) in [7, 11) is -3.38. The number of unbranched alkanes of at least 4 members (excludes halogenated alkanes) is 4. The van der Waals surface area contributed by atoms with Gasteiger partial charge in [0.15, 0.2) is 0 Å². The van der Waals surface area contributed by atoms with Crippen LogP contribution >= 0.6 is 11.6 Å². The van der Waals surface area contributed by atoms with Gasteiger partial charge in [0.2, 0.25) is 15.9 Å². The Morgan fingerprint density at radius 2 is 1.86 bits per heavy atom. The van der Waals surface area contributed by atoms with Crippen molar-refractivity contribution < 1.29 is 13.2 Å². The Kier molecular flexibility index (Phi) is 7.68. The lowest BCUT2D eigenvalue weighted by molar-refractivity contribution is -0.116. The summed E-state index contributed by atoms with van der Waals surface area (Å²) in [5, 5.41) is 3.00. The Morgan fingerprint density at radius 3 is 2.45 bits per heavy atom. The summed E-state index contributed by atoms with van der Waals surface area (Å²) < 4.78 is 24.6. The quantitative estimate of drug-likeness (QED) is 0.663. The van der Waals surface area contributed by atoms with Gasteiger partial charge >= 0.3 is 0 Å². The highest BCUT2D eigenvalue weighted by molar-refractivity contribution is 7.92. The van der Waals surface area contributed by atoms with Crippen LogP contribution in [0.1, 0.15) is 45.4 Å². The first-order chi connectivity index (χ1) is 10.3. The number of halogens is 1. The molecule has 1 aromatic rings. The number of hydrogen-bond donors (Lipinski definition) is 2. The van der Waals surface area contributed by atoms with Crippen molar-refractivity contribution in [3.63, 3.8) is 0 Å². The summed E-state index contributed by atoms with van der Waals surface area (Å²) in [4.78, 5) is 11.8. The molecule has 22 heavy (non-hydrogen) atoms. The normalized spacial score (nSPS) is 11.2. The number of anilines is 2. The minimum absolute atomic E-state index is 0.0589. The molecule has 1 rings (SSSR count). The molecule has 0 atom stereocenters. The van der Waals surface area contributed by atoms with Crippen molar-refractivity contribution in [3.05, 3.63) is 23.2 Å². The van der Waals surface area contributed by atoms with Gasteiger partial charge in [-0.1, -0.05) is 44.2 Å². The van der Waals surface area contributed by atoms with E-state index < -0.39 is 10.0 Å². The zero-order chi connectivity index (χ0) is 16.6. The molecule has 0 saturated carbocycles. The van der Waals surface area contributed by atoms with Gasteiger partial charge in [0.25, 0.3) is 0 Å². The molecular formula is C15H23ClN2O3S. The van der Waals surface area contributed by atoms with Gasteiger partial charge in [-0.2, -0.15) is 0 Å². The van der Waals surface area contributed by atoms with Crippen molar-refractivity contribution in [3.8, 4) is 0 Å². The van der Waals surface area contributed by atoms with E-state index in [0.717, 1.165) is 25.5 Å². The lowest BCUT2D eigenvalue weighted by atomic mass is 10.1. The van der Waals surface area contributed by atoms with Crippen LogP contribution in [0.3, 0.4) is 0 Å². The highest BCUT2D eigenvalue weighted by Gasteiger charge is 2.08. The van der Waals surface area contributed by atoms with Gasteiger partial charge in [-0.3, -0.25) is 9.52 Å². The summed E-state index contributed by atoms with van der Waals surface area (Å²) in [5.41, 5.74) is 0.851. The molecule has 5 nitrogen and oxygen atoms in total. The SMILES string of the molecule is CCCCCCCC(=O)Nc1ccc(NS(C)(=O)=O)c(Cl)c1. The number of hydrogen-bond acceptors (Lipinski definition) is 3. The fourth-order valence-electron chi connectivity index (χ4n) is 1.99. The van der Waals surface area contributed by atoms with Crippen LogP contribution in [0.5, 0.6) is 0 Å². The molecule has 0 aromatic heterocycles. The van der Waals surface area contributed by atoms with Crippen LogP contribution in [-0.4, -0.2) is 20.6 Å². The van der Waals surface area contributed by atoms with E-state index in [-0.39, 0.29) is 10.9 Å². The van der Waals surface area contributed by atoms with E-state index >= 15 is 0 Å². The fourth-order valence-corrected chi connectivity index (χ4v) is 2.85. The van der Waals surface area contributed by atoms with Crippen molar-refractivity contribution in [2.75, 3.05) is 16.3 Å². The van der Waals surface area contributed by atoms with Gasteiger partial charge in [0.1, 0.15) is 0 Å². The minimum atomic E-state index is -3.38. The summed E-state index contributed by atoms with van der Waals surface area (Å²) in [5.74, 6) is -0.0589. The molecule has 0 unspecified atom stereocenters. The topological polar surface area (TPSA) is 75.3 Å². The molecule has 0 saturated heterocycles. The average Bonchev–Trinajstić information content (AvgIpc) is 2.40. The first-order valence-corrected chi connectivity index (χ1v) is 9.66. The Labute approximate surface area is 137 Å². The maximum Gasteiger partial charge on any atom is 0.229 e. The number of carbonyl (C=O) groups is 1. The minimum Gasteiger partial charge on any atom is -0.326 e. The van der Waals surface area contributed by atoms with Crippen LogP contribution in [0.2, 0.25) is 5.02 Å². The van der Waals surface area contributed by atoms with Crippen molar-refractivity contribution in [1.82, 2.24) is 0 Å². The second-order valence-corrected chi connectivity index (χ2v) is 7.44. The number of rotatable bonds is 9. The molecule has 2 N–H and O–H groups in total. The Bertz CT molecular complexity index is 603. The second kappa shape index (κ2) is 9.00. The van der Waals surface area contributed by atoms with E-state index in [0.29, 0.717) is 17.8 Å². The maximum atomic E-state index is 11.8. The molecular weight excluding hydrogens is 324 g/mol. The molecule has 0 aliphatic rings. The van der Waals surface area contributed by atoms with Crippen LogP contribution in [-0.2, 0) is 14.8 Å². The molecule has 0 heterocycles. The Morgan fingerprint density at radius 1 is 1.18 bits per heavy atom. The van der Waals surface area contributed by atoms with E-state index in [1.165, 1.54) is 25.0 Å². The molecule has 1 aromatic carbocycles. The first kappa shape index (κ1) is 18.8. The summed E-state index contributed by atoms with van der Waals surface area (Å²) in [6, 6.07) is 4.68. The van der Waals surface area contributed by atoms with Gasteiger partial charge in [0, 0.05) is 12.1 Å². The van der Waals surface area contributed by atoms with Crippen molar-refractivity contribution in [1.29, 1.82) is 0 Å². The number of benzene rings is 1. The van der Waals surface area contributed by atoms with Gasteiger partial charge in [0.05, 0.1) is 17.0 Å². The largest absolute Gasteiger partial charge is 0.326 e. The van der Waals surface area contributed by atoms with E-state index in [1.54, 1.807) is 6.07 Å². The van der Waals surface area contributed by atoms with Crippen molar-refractivity contribution in [2.24, 2.45) is 0 Å². The number of sulfonamides is 1. The average molecular weight is 347 g/mol. The highest BCUT2D eigenvalue weighted by Crippen LogP contribution is 2.26. The zero-order valence-electron chi connectivity index (χ0n) is 13.0. The van der Waals surface area contributed by atoms with Crippen molar-refractivity contribution >= 4 is 38.9 Å². The van der Waals surface area contributed by atoms with Gasteiger partial charge in [-0.05, 0) is 24.6 Å². The predicted molar refractivity (Wildman–Crippen MR) is 91.9 cm³/mol. The van der Waals surface area contributed by atoms with Crippen LogP contribution in [0.25, 0.3) is 0 Å². The molecule has 124 valence electrons. The van der Waals surface area contributed by atoms with E-state index in [4.69, 9.17) is 11.6 Å². The molecule has 0 radical (unpaired) electrons. The third-order valence-corrected chi connectivity index (χ3v) is 3.96. The van der Waals surface area contributed by atoms with E-state index in [9.17, 15) is 13.2 Å². The number of nitrogens with one attached hydrogen (secondary N) is 2. The molecule has 0 bridgehead atoms. The van der Waals surface area contributed by atoms with Gasteiger partial charge in [-0.25, -0.2) is 8.42 Å². The molecule has 1 amide bonds. The smallest absolute Gasteiger partial charge is 0.229 e. The second-order valence-electron chi connectivity index (χ2n) is 5.28. The molecule has 0 aliphatic carbocycles. The number of amides is 1. The van der Waals surface area contributed by atoms with E-state index in [2.05, 4.69) is 17.0 Å². The Balaban J connectivity index is 2.49. The molecule has 0 fully saturated rings. The standard InChI is InChI=1S/C15H23ClN2O3S/c1-3-4-5-6-7-8-15(19)17-12-9-10-14(13(16)11-12)18-22(2,20)21/h9-11,18H,3-8H2,1-2H3,(H,17,19). The zero-order valence-corrected chi connectivity index (χ0v) is 14.6. The van der Waals surface area contributed by atoms with Gasteiger partial charge in [-0.15, -0.1) is 0 Å². The highest BCUT2D eigenvalue weighted by atomic mass is 35.5. The summed E-state index contributed by atoms with van der Waals surface area (Å²) in [6.45, 7) is 2.15. The molecule has 0 spiro atoms. The fraction of sp³-hybridized carbons (Fsp3) is 0.533. The third kappa shape index (κ3) is 7.66. The van der Waals surface area contributed by atoms with Gasteiger partial charge < -0.3 is 5.32 Å². The van der Waals surface area contributed by atoms with Crippen LogP contribution in [0.4, 0.5) is 11.4 Å². The van der Waals surface area contributed by atoms with Crippen LogP contribution in [0, 0.1) is 0 Å². The van der Waals surface area contributed by atoms with Crippen LogP contribution < -0.4 is 10.0 Å². The first-order valence-electron chi connectivity index (χ1n) is 7.39. The van der Waals surface area contributed by atoms with Crippen molar-refractivity contribution in [2.45, 2.75) is 45.4 Å². The third-order valence-electron chi connectivity index (χ3n) is 3.06. The Hall–Kier alpha value is -1.27.